The van der Waals surface area contributed by atoms with Gasteiger partial charge in [0.05, 0.1) is 0 Å². The third-order valence-corrected chi connectivity index (χ3v) is 12.4. The lowest BCUT2D eigenvalue weighted by Gasteiger charge is -2.26. The highest BCUT2D eigenvalue weighted by Gasteiger charge is 2.18. The summed E-state index contributed by atoms with van der Waals surface area (Å²) < 4.78 is 6.60. The maximum Gasteiger partial charge on any atom is 0.143 e. The molecule has 2 nitrogen and oxygen atoms in total. The number of rotatable bonds is 7. The molecule has 0 spiro atoms. The van der Waals surface area contributed by atoms with E-state index in [0.717, 1.165) is 55.5 Å². The number of anilines is 3. The molecule has 0 saturated heterocycles. The second kappa shape index (κ2) is 14.8. The lowest BCUT2D eigenvalue weighted by atomic mass is 9.97. The number of benzene rings is 11. The van der Waals surface area contributed by atoms with Crippen LogP contribution in [0.1, 0.15) is 0 Å². The summed E-state index contributed by atoms with van der Waals surface area (Å²) in [6, 6.07) is 85.5. The molecule has 2 heteroatoms. The Kier molecular flexibility index (Phi) is 8.53. The van der Waals surface area contributed by atoms with Crippen LogP contribution in [0.15, 0.2) is 241 Å². The molecule has 11 aromatic carbocycles. The molecule has 0 aliphatic heterocycles. The van der Waals surface area contributed by atoms with E-state index in [9.17, 15) is 0 Å². The molecule has 290 valence electrons. The van der Waals surface area contributed by atoms with Crippen molar-refractivity contribution in [3.8, 4) is 44.5 Å². The molecule has 0 atom stereocenters. The average Bonchev–Trinajstić information content (AvgIpc) is 3.74. The monoisotopic (exact) mass is 789 g/mol. The number of fused-ring (bicyclic) bond motifs is 7. The van der Waals surface area contributed by atoms with Crippen molar-refractivity contribution in [3.63, 3.8) is 0 Å². The summed E-state index contributed by atoms with van der Waals surface area (Å²) in [7, 11) is 0. The Balaban J connectivity index is 0.932. The van der Waals surface area contributed by atoms with Gasteiger partial charge < -0.3 is 9.32 Å². The lowest BCUT2D eigenvalue weighted by molar-refractivity contribution is 0.673. The molecular weight excluding hydrogens is 751 g/mol. The van der Waals surface area contributed by atoms with E-state index in [2.05, 4.69) is 241 Å². The quantitative estimate of drug-likeness (QED) is 0.160. The normalized spacial score (nSPS) is 11.5. The number of hydrogen-bond donors (Lipinski definition) is 0. The van der Waals surface area contributed by atoms with Gasteiger partial charge in [-0.15, -0.1) is 0 Å². The fourth-order valence-corrected chi connectivity index (χ4v) is 9.25. The van der Waals surface area contributed by atoms with Crippen molar-refractivity contribution >= 4 is 71.3 Å². The van der Waals surface area contributed by atoms with E-state index in [1.807, 2.05) is 0 Å². The molecule has 0 N–H and O–H groups in total. The van der Waals surface area contributed by atoms with E-state index in [1.165, 1.54) is 60.3 Å². The fourth-order valence-electron chi connectivity index (χ4n) is 9.25. The molecule has 0 saturated carbocycles. The third kappa shape index (κ3) is 6.29. The first kappa shape index (κ1) is 35.7. The van der Waals surface area contributed by atoms with Crippen LogP contribution in [0.4, 0.5) is 17.1 Å². The smallest absolute Gasteiger partial charge is 0.143 e. The highest BCUT2D eigenvalue weighted by atomic mass is 16.3. The van der Waals surface area contributed by atoms with Gasteiger partial charge in [0.25, 0.3) is 0 Å². The summed E-state index contributed by atoms with van der Waals surface area (Å²) in [5.41, 5.74) is 14.5. The first-order valence-electron chi connectivity index (χ1n) is 21.2. The van der Waals surface area contributed by atoms with Crippen LogP contribution in [0.25, 0.3) is 98.8 Å². The molecule has 0 fully saturated rings. The first-order valence-corrected chi connectivity index (χ1v) is 21.2. The van der Waals surface area contributed by atoms with Crippen LogP contribution >= 0.6 is 0 Å². The molecule has 1 aromatic heterocycles. The van der Waals surface area contributed by atoms with Crippen LogP contribution in [0, 0.1) is 0 Å². The fraction of sp³-hybridized carbons (Fsp3) is 0. The molecule has 0 aliphatic rings. The van der Waals surface area contributed by atoms with E-state index in [4.69, 9.17) is 4.42 Å². The van der Waals surface area contributed by atoms with Gasteiger partial charge in [-0.2, -0.15) is 0 Å². The minimum Gasteiger partial charge on any atom is -0.455 e. The van der Waals surface area contributed by atoms with E-state index in [0.29, 0.717) is 0 Å². The van der Waals surface area contributed by atoms with Crippen LogP contribution < -0.4 is 4.90 Å². The van der Waals surface area contributed by atoms with E-state index < -0.39 is 0 Å². The van der Waals surface area contributed by atoms with Gasteiger partial charge in [-0.1, -0.05) is 176 Å². The average molecular weight is 790 g/mol. The Hall–Kier alpha value is -8.20. The van der Waals surface area contributed by atoms with E-state index in [-0.39, 0.29) is 0 Å². The van der Waals surface area contributed by atoms with Crippen LogP contribution in [0.5, 0.6) is 0 Å². The summed E-state index contributed by atoms with van der Waals surface area (Å²) in [6.07, 6.45) is 0. The van der Waals surface area contributed by atoms with Gasteiger partial charge in [0.2, 0.25) is 0 Å². The Morgan fingerprint density at radius 3 is 1.37 bits per heavy atom. The van der Waals surface area contributed by atoms with Gasteiger partial charge in [-0.3, -0.25) is 0 Å². The Morgan fingerprint density at radius 1 is 0.274 bits per heavy atom. The van der Waals surface area contributed by atoms with Gasteiger partial charge in [0, 0.05) is 33.2 Å². The summed E-state index contributed by atoms with van der Waals surface area (Å²) in [4.78, 5) is 2.36. The topological polar surface area (TPSA) is 16.4 Å². The predicted octanol–water partition coefficient (Wildman–Crippen LogP) is 17.2. The number of hydrogen-bond acceptors (Lipinski definition) is 2. The molecule has 1 heterocycles. The van der Waals surface area contributed by atoms with Crippen molar-refractivity contribution in [1.29, 1.82) is 0 Å². The number of furan rings is 1. The molecule has 0 radical (unpaired) electrons. The van der Waals surface area contributed by atoms with Gasteiger partial charge in [0.1, 0.15) is 11.2 Å². The minimum atomic E-state index is 0.890. The Labute approximate surface area is 360 Å². The second-order valence-corrected chi connectivity index (χ2v) is 16.1. The van der Waals surface area contributed by atoms with Crippen molar-refractivity contribution < 1.29 is 4.42 Å². The first-order chi connectivity index (χ1) is 30.7. The minimum absolute atomic E-state index is 0.890. The molecule has 12 aromatic rings. The standard InChI is InChI=1S/C60H39NO/c1-3-12-47-37-49(25-23-40(47)9-1)44-21-19-42(20-22-44)43-27-32-52(33-28-43)61(53-34-29-45(30-35-53)50-26-24-41-10-2-4-13-48(41)38-50)54-15-7-14-51(39-54)55-17-8-18-58-59(55)57-36-31-46-11-5-6-16-56(46)60(57)62-58/h1-39H. The van der Waals surface area contributed by atoms with Crippen LogP contribution in [0.2, 0.25) is 0 Å². The van der Waals surface area contributed by atoms with Gasteiger partial charge in [0.15, 0.2) is 0 Å². The Morgan fingerprint density at radius 2 is 0.758 bits per heavy atom. The third-order valence-electron chi connectivity index (χ3n) is 12.4. The molecule has 12 rings (SSSR count). The van der Waals surface area contributed by atoms with Crippen molar-refractivity contribution in [3.05, 3.63) is 237 Å². The summed E-state index contributed by atoms with van der Waals surface area (Å²) in [5.74, 6) is 0. The van der Waals surface area contributed by atoms with Crippen molar-refractivity contribution in [2.45, 2.75) is 0 Å². The van der Waals surface area contributed by atoms with Crippen molar-refractivity contribution in [1.82, 2.24) is 0 Å². The molecule has 0 bridgehead atoms. The highest BCUT2D eigenvalue weighted by Crippen LogP contribution is 2.43. The lowest BCUT2D eigenvalue weighted by Crippen LogP contribution is -2.10. The van der Waals surface area contributed by atoms with E-state index >= 15 is 0 Å². The van der Waals surface area contributed by atoms with Crippen molar-refractivity contribution in [2.24, 2.45) is 0 Å². The SMILES string of the molecule is c1cc(-c2cccc3oc4c5ccccc5ccc4c23)cc(N(c2ccc(-c3ccc(-c4ccc5ccccc5c4)cc3)cc2)c2ccc(-c3ccc4ccccc4c3)cc2)c1. The summed E-state index contributed by atoms with van der Waals surface area (Å²) >= 11 is 0. The largest absolute Gasteiger partial charge is 0.455 e. The maximum atomic E-state index is 6.60. The molecule has 0 unspecified atom stereocenters. The zero-order chi connectivity index (χ0) is 41.0. The summed E-state index contributed by atoms with van der Waals surface area (Å²) in [5, 5.41) is 9.56. The summed E-state index contributed by atoms with van der Waals surface area (Å²) in [6.45, 7) is 0. The van der Waals surface area contributed by atoms with E-state index in [1.54, 1.807) is 0 Å². The van der Waals surface area contributed by atoms with Gasteiger partial charge in [-0.05, 0) is 132 Å². The van der Waals surface area contributed by atoms with Crippen LogP contribution in [-0.2, 0) is 0 Å². The van der Waals surface area contributed by atoms with Crippen LogP contribution in [-0.4, -0.2) is 0 Å². The predicted molar refractivity (Wildman–Crippen MR) is 263 cm³/mol. The maximum absolute atomic E-state index is 6.60. The molecule has 0 aliphatic carbocycles. The zero-order valence-electron chi connectivity index (χ0n) is 33.9. The van der Waals surface area contributed by atoms with Crippen LogP contribution in [0.3, 0.4) is 0 Å². The molecule has 62 heavy (non-hydrogen) atoms. The van der Waals surface area contributed by atoms with Gasteiger partial charge >= 0.3 is 0 Å². The zero-order valence-corrected chi connectivity index (χ0v) is 33.9. The molecule has 0 amide bonds. The second-order valence-electron chi connectivity index (χ2n) is 16.1. The molecular formula is C60H39NO. The Bertz CT molecular complexity index is 3620. The highest BCUT2D eigenvalue weighted by molar-refractivity contribution is 6.19. The van der Waals surface area contributed by atoms with Crippen molar-refractivity contribution in [2.75, 3.05) is 4.90 Å². The van der Waals surface area contributed by atoms with Gasteiger partial charge in [-0.25, -0.2) is 0 Å². The number of nitrogens with zero attached hydrogens (tertiary/aromatic N) is 1.